The van der Waals surface area contributed by atoms with Crippen molar-refractivity contribution >= 4 is 11.9 Å². The molecule has 13 heavy (non-hydrogen) atoms. The third-order valence-corrected chi connectivity index (χ3v) is 2.01. The van der Waals surface area contributed by atoms with Gasteiger partial charge in [-0.3, -0.25) is 4.79 Å². The van der Waals surface area contributed by atoms with Crippen molar-refractivity contribution < 1.29 is 14.3 Å². The predicted octanol–water partition coefficient (Wildman–Crippen LogP) is 0.589. The highest BCUT2D eigenvalue weighted by molar-refractivity contribution is 5.90. The van der Waals surface area contributed by atoms with Crippen molar-refractivity contribution in [3.63, 3.8) is 0 Å². The van der Waals surface area contributed by atoms with E-state index < -0.39 is 11.4 Å². The van der Waals surface area contributed by atoms with Crippen LogP contribution in [0.5, 0.6) is 0 Å². The van der Waals surface area contributed by atoms with E-state index in [9.17, 15) is 9.59 Å². The molecule has 1 saturated heterocycles. The molecular weight excluding hydrogens is 170 g/mol. The van der Waals surface area contributed by atoms with Crippen molar-refractivity contribution in [3.8, 4) is 0 Å². The molecule has 0 aromatic heterocycles. The van der Waals surface area contributed by atoms with Gasteiger partial charge in [-0.2, -0.15) is 0 Å². The lowest BCUT2D eigenvalue weighted by Crippen LogP contribution is -2.24. The molecule has 0 spiro atoms. The fraction of sp³-hybridized carbons (Fsp3) is 0.556. The minimum absolute atomic E-state index is 0.0531. The van der Waals surface area contributed by atoms with Gasteiger partial charge in [-0.1, -0.05) is 13.8 Å². The summed E-state index contributed by atoms with van der Waals surface area (Å²) in [5.74, 6) is -0.490. The van der Waals surface area contributed by atoms with E-state index in [1.165, 1.54) is 13.2 Å². The number of hydrogen-bond acceptors (Lipinski definition) is 3. The van der Waals surface area contributed by atoms with Gasteiger partial charge in [0, 0.05) is 23.6 Å². The Bertz CT molecular complexity index is 279. The summed E-state index contributed by atoms with van der Waals surface area (Å²) in [4.78, 5) is 22.1. The summed E-state index contributed by atoms with van der Waals surface area (Å²) in [6.45, 7) is 3.67. The van der Waals surface area contributed by atoms with E-state index in [1.807, 2.05) is 13.8 Å². The first-order valence-corrected chi connectivity index (χ1v) is 4.06. The van der Waals surface area contributed by atoms with Crippen molar-refractivity contribution in [2.75, 3.05) is 7.11 Å². The number of esters is 1. The monoisotopic (exact) mass is 183 g/mol. The Labute approximate surface area is 76.9 Å². The van der Waals surface area contributed by atoms with Crippen LogP contribution in [0.25, 0.3) is 0 Å². The van der Waals surface area contributed by atoms with E-state index in [0.717, 1.165) is 0 Å². The van der Waals surface area contributed by atoms with E-state index in [2.05, 4.69) is 10.1 Å². The zero-order valence-electron chi connectivity index (χ0n) is 8.01. The summed E-state index contributed by atoms with van der Waals surface area (Å²) in [5, 5.41) is 2.63. The minimum atomic E-state index is -0.437. The molecular formula is C9H13NO3. The Hall–Kier alpha value is -1.32. The van der Waals surface area contributed by atoms with Crippen molar-refractivity contribution in [2.45, 2.75) is 20.3 Å². The second-order valence-electron chi connectivity index (χ2n) is 3.71. The Morgan fingerprint density at radius 2 is 2.23 bits per heavy atom. The highest BCUT2D eigenvalue weighted by atomic mass is 16.5. The van der Waals surface area contributed by atoms with Gasteiger partial charge in [0.2, 0.25) is 5.91 Å². The second kappa shape index (κ2) is 3.20. The Morgan fingerprint density at radius 1 is 1.62 bits per heavy atom. The average Bonchev–Trinajstić information content (AvgIpc) is 2.25. The lowest BCUT2D eigenvalue weighted by atomic mass is 9.91. The summed E-state index contributed by atoms with van der Waals surface area (Å²) in [6.07, 6.45) is 1.87. The fourth-order valence-electron chi connectivity index (χ4n) is 1.20. The van der Waals surface area contributed by atoms with E-state index in [1.54, 1.807) is 0 Å². The van der Waals surface area contributed by atoms with E-state index >= 15 is 0 Å². The van der Waals surface area contributed by atoms with Gasteiger partial charge in [0.05, 0.1) is 7.11 Å². The van der Waals surface area contributed by atoms with Crippen LogP contribution < -0.4 is 5.32 Å². The van der Waals surface area contributed by atoms with Crippen molar-refractivity contribution in [1.82, 2.24) is 5.32 Å². The van der Waals surface area contributed by atoms with Crippen molar-refractivity contribution in [2.24, 2.45) is 5.41 Å². The second-order valence-corrected chi connectivity index (χ2v) is 3.71. The molecule has 0 saturated carbocycles. The lowest BCUT2D eigenvalue weighted by Gasteiger charge is -2.10. The van der Waals surface area contributed by atoms with Gasteiger partial charge in [-0.05, 0) is 0 Å². The number of amides is 1. The van der Waals surface area contributed by atoms with Crippen LogP contribution in [0.3, 0.4) is 0 Å². The van der Waals surface area contributed by atoms with Crippen LogP contribution in [0, 0.1) is 5.41 Å². The standard InChI is InChI=1S/C9H13NO3/c1-9(2)5-6(10-8(9)12)4-7(11)13-3/h4H,5H2,1-3H3,(H,10,12)/b6-4+. The number of ether oxygens (including phenoxy) is 1. The molecule has 1 rings (SSSR count). The summed E-state index contributed by atoms with van der Waals surface area (Å²) in [5.41, 5.74) is 0.210. The molecule has 0 aromatic carbocycles. The van der Waals surface area contributed by atoms with Crippen LogP contribution in [-0.4, -0.2) is 19.0 Å². The van der Waals surface area contributed by atoms with E-state index in [-0.39, 0.29) is 5.91 Å². The maximum absolute atomic E-state index is 11.3. The summed E-state index contributed by atoms with van der Waals surface area (Å²) in [7, 11) is 1.31. The average molecular weight is 183 g/mol. The molecule has 72 valence electrons. The molecule has 0 aliphatic carbocycles. The number of carbonyl (C=O) groups excluding carboxylic acids is 2. The van der Waals surface area contributed by atoms with E-state index in [0.29, 0.717) is 12.1 Å². The summed E-state index contributed by atoms with van der Waals surface area (Å²) in [6, 6.07) is 0. The van der Waals surface area contributed by atoms with Crippen LogP contribution >= 0.6 is 0 Å². The molecule has 1 fully saturated rings. The molecule has 4 heteroatoms. The Balaban J connectivity index is 2.74. The van der Waals surface area contributed by atoms with Gasteiger partial charge < -0.3 is 10.1 Å². The quantitative estimate of drug-likeness (QED) is 0.478. The molecule has 0 aromatic rings. The zero-order chi connectivity index (χ0) is 10.1. The SMILES string of the molecule is COC(=O)/C=C1\CC(C)(C)C(=O)N1. The lowest BCUT2D eigenvalue weighted by molar-refractivity contribution is -0.134. The highest BCUT2D eigenvalue weighted by Crippen LogP contribution is 2.30. The molecule has 1 aliphatic heterocycles. The van der Waals surface area contributed by atoms with Crippen LogP contribution in [0.2, 0.25) is 0 Å². The molecule has 1 amide bonds. The topological polar surface area (TPSA) is 55.4 Å². The van der Waals surface area contributed by atoms with Gasteiger partial charge in [-0.15, -0.1) is 0 Å². The molecule has 0 bridgehead atoms. The number of nitrogens with one attached hydrogen (secondary N) is 1. The third kappa shape index (κ3) is 2.08. The minimum Gasteiger partial charge on any atom is -0.466 e. The van der Waals surface area contributed by atoms with Crippen molar-refractivity contribution in [1.29, 1.82) is 0 Å². The third-order valence-electron chi connectivity index (χ3n) is 2.01. The number of carbonyl (C=O) groups is 2. The van der Waals surface area contributed by atoms with Gasteiger partial charge in [-0.25, -0.2) is 4.79 Å². The van der Waals surface area contributed by atoms with Crippen LogP contribution in [0.4, 0.5) is 0 Å². The summed E-state index contributed by atoms with van der Waals surface area (Å²) < 4.78 is 4.45. The first kappa shape index (κ1) is 9.77. The molecule has 0 atom stereocenters. The Kier molecular flexibility index (Phi) is 2.40. The molecule has 0 radical (unpaired) electrons. The smallest absolute Gasteiger partial charge is 0.332 e. The summed E-state index contributed by atoms with van der Waals surface area (Å²) >= 11 is 0. The molecule has 1 aliphatic rings. The highest BCUT2D eigenvalue weighted by Gasteiger charge is 2.35. The number of rotatable bonds is 1. The van der Waals surface area contributed by atoms with Crippen LogP contribution in [-0.2, 0) is 14.3 Å². The normalized spacial score (nSPS) is 23.0. The number of hydrogen-bond donors (Lipinski definition) is 1. The van der Waals surface area contributed by atoms with Gasteiger partial charge in [0.25, 0.3) is 0 Å². The largest absolute Gasteiger partial charge is 0.466 e. The van der Waals surface area contributed by atoms with Gasteiger partial charge in [0.1, 0.15) is 0 Å². The first-order chi connectivity index (χ1) is 5.95. The predicted molar refractivity (Wildman–Crippen MR) is 46.6 cm³/mol. The van der Waals surface area contributed by atoms with Crippen molar-refractivity contribution in [3.05, 3.63) is 11.8 Å². The van der Waals surface area contributed by atoms with Crippen LogP contribution in [0.15, 0.2) is 11.8 Å². The number of allylic oxidation sites excluding steroid dienone is 1. The van der Waals surface area contributed by atoms with Crippen LogP contribution in [0.1, 0.15) is 20.3 Å². The van der Waals surface area contributed by atoms with Gasteiger partial charge in [0.15, 0.2) is 0 Å². The first-order valence-electron chi connectivity index (χ1n) is 4.06. The molecule has 0 unspecified atom stereocenters. The molecule has 1 N–H and O–H groups in total. The maximum atomic E-state index is 11.3. The molecule has 1 heterocycles. The van der Waals surface area contributed by atoms with Gasteiger partial charge >= 0.3 is 5.97 Å². The maximum Gasteiger partial charge on any atom is 0.332 e. The Morgan fingerprint density at radius 3 is 2.62 bits per heavy atom. The molecule has 4 nitrogen and oxygen atoms in total. The fourth-order valence-corrected chi connectivity index (χ4v) is 1.20. The number of methoxy groups -OCH3 is 1. The van der Waals surface area contributed by atoms with E-state index in [4.69, 9.17) is 0 Å². The zero-order valence-corrected chi connectivity index (χ0v) is 8.01.